The molecule has 0 bridgehead atoms. The molecule has 0 aliphatic heterocycles. The monoisotopic (exact) mass is 449 g/mol. The highest BCUT2D eigenvalue weighted by Crippen LogP contribution is 2.41. The normalized spacial score (nSPS) is 14.6. The number of fused-ring (bicyclic) bond motifs is 1. The van der Waals surface area contributed by atoms with Crippen LogP contribution in [0.15, 0.2) is 72.8 Å². The Kier molecular flexibility index (Phi) is 7.23. The van der Waals surface area contributed by atoms with Crippen molar-refractivity contribution < 1.29 is 19.0 Å². The number of rotatable bonds is 8. The summed E-state index contributed by atoms with van der Waals surface area (Å²) in [6.45, 7) is 1.51. The summed E-state index contributed by atoms with van der Waals surface area (Å²) in [6.07, 6.45) is 2.01. The summed E-state index contributed by atoms with van der Waals surface area (Å²) in [5.41, 5.74) is 7.35. The minimum Gasteiger partial charge on any atom is -0.492 e. The highest BCUT2D eigenvalue weighted by molar-refractivity contribution is 7.39. The van der Waals surface area contributed by atoms with Gasteiger partial charge >= 0.3 is 8.60 Å². The second kappa shape index (κ2) is 10.3. The van der Waals surface area contributed by atoms with Gasteiger partial charge in [-0.3, -0.25) is 0 Å². The van der Waals surface area contributed by atoms with Crippen LogP contribution in [0, 0.1) is 0 Å². The molecule has 5 nitrogen and oxygen atoms in total. The fraction of sp³-hybridized carbons (Fsp3) is 0.231. The number of likely N-dealkylation sites (N-methyl/N-ethyl adjacent to an activating group) is 1. The lowest BCUT2D eigenvalue weighted by Crippen LogP contribution is -2.19. The van der Waals surface area contributed by atoms with Crippen LogP contribution in [0.3, 0.4) is 0 Å². The van der Waals surface area contributed by atoms with E-state index in [1.165, 1.54) is 22.3 Å². The zero-order chi connectivity index (χ0) is 22.5. The molecular formula is C26H28NO4P. The lowest BCUT2D eigenvalue weighted by atomic mass is 9.90. The Morgan fingerprint density at radius 2 is 1.47 bits per heavy atom. The average molecular weight is 449 g/mol. The minimum absolute atomic E-state index is 0.436. The maximum atomic E-state index is 9.14. The first kappa shape index (κ1) is 22.5. The number of benzene rings is 3. The molecule has 0 radical (unpaired) electrons. The standard InChI is InChI=1S/C26H28NO4P/c1-27(2)17-18-30-22-12-7-20(8-13-22)26(21-9-14-23(15-10-21)31-32(28)29)25-16-11-19-5-3-4-6-24(19)25/h3-10,12-15,28-29H,11,16-18H2,1-2H3. The van der Waals surface area contributed by atoms with Gasteiger partial charge in [0.15, 0.2) is 0 Å². The van der Waals surface area contributed by atoms with E-state index in [2.05, 4.69) is 41.3 Å². The van der Waals surface area contributed by atoms with Crippen molar-refractivity contribution in [3.8, 4) is 11.5 Å². The number of hydrogen-bond donors (Lipinski definition) is 2. The second-order valence-electron chi connectivity index (χ2n) is 8.06. The van der Waals surface area contributed by atoms with E-state index in [1.54, 1.807) is 12.1 Å². The molecule has 32 heavy (non-hydrogen) atoms. The van der Waals surface area contributed by atoms with Gasteiger partial charge in [0.25, 0.3) is 0 Å². The average Bonchev–Trinajstić information content (AvgIpc) is 3.19. The highest BCUT2D eigenvalue weighted by Gasteiger charge is 2.21. The fourth-order valence-corrected chi connectivity index (χ4v) is 4.35. The largest absolute Gasteiger partial charge is 0.492 e. The molecule has 3 aromatic rings. The number of aryl methyl sites for hydroxylation is 1. The number of allylic oxidation sites excluding steroid dienone is 1. The second-order valence-corrected chi connectivity index (χ2v) is 8.74. The molecule has 0 atom stereocenters. The number of ether oxygens (including phenoxy) is 1. The molecule has 4 rings (SSSR count). The van der Waals surface area contributed by atoms with E-state index in [4.69, 9.17) is 19.0 Å². The summed E-state index contributed by atoms with van der Waals surface area (Å²) in [5, 5.41) is 0. The number of hydrogen-bond acceptors (Lipinski definition) is 5. The van der Waals surface area contributed by atoms with E-state index < -0.39 is 8.60 Å². The predicted molar refractivity (Wildman–Crippen MR) is 130 cm³/mol. The van der Waals surface area contributed by atoms with Crippen LogP contribution in [0.25, 0.3) is 11.1 Å². The van der Waals surface area contributed by atoms with E-state index in [9.17, 15) is 0 Å². The molecule has 1 aliphatic carbocycles. The van der Waals surface area contributed by atoms with Crippen LogP contribution in [-0.4, -0.2) is 41.9 Å². The zero-order valence-corrected chi connectivity index (χ0v) is 19.3. The third kappa shape index (κ3) is 5.37. The first-order valence-electron chi connectivity index (χ1n) is 10.7. The molecule has 1 aliphatic rings. The third-order valence-corrected chi connectivity index (χ3v) is 5.94. The first-order chi connectivity index (χ1) is 15.5. The molecule has 3 aromatic carbocycles. The molecule has 0 amide bonds. The molecule has 6 heteroatoms. The van der Waals surface area contributed by atoms with Gasteiger partial charge in [0.05, 0.1) is 0 Å². The van der Waals surface area contributed by atoms with Crippen molar-refractivity contribution in [2.24, 2.45) is 0 Å². The van der Waals surface area contributed by atoms with Crippen molar-refractivity contribution in [1.82, 2.24) is 4.90 Å². The quantitative estimate of drug-likeness (QED) is 0.468. The Balaban J connectivity index is 1.70. The SMILES string of the molecule is CN(C)CCOc1ccc(C(=C2CCc3ccccc32)c2ccc(OP(O)O)cc2)cc1. The Morgan fingerprint density at radius 1 is 0.844 bits per heavy atom. The van der Waals surface area contributed by atoms with Gasteiger partial charge in [-0.1, -0.05) is 48.5 Å². The van der Waals surface area contributed by atoms with Crippen LogP contribution in [-0.2, 0) is 6.42 Å². The lowest BCUT2D eigenvalue weighted by Gasteiger charge is -2.16. The minimum atomic E-state index is -2.43. The molecule has 0 saturated carbocycles. The Hall–Kier alpha value is -2.69. The van der Waals surface area contributed by atoms with E-state index in [1.807, 2.05) is 38.4 Å². The summed E-state index contributed by atoms with van der Waals surface area (Å²) in [6, 6.07) is 24.3. The highest BCUT2D eigenvalue weighted by atomic mass is 31.2. The van der Waals surface area contributed by atoms with E-state index in [-0.39, 0.29) is 0 Å². The van der Waals surface area contributed by atoms with Crippen LogP contribution >= 0.6 is 8.60 Å². The first-order valence-corrected chi connectivity index (χ1v) is 11.8. The summed E-state index contributed by atoms with van der Waals surface area (Å²) in [4.78, 5) is 20.4. The molecule has 0 unspecified atom stereocenters. The molecule has 166 valence electrons. The third-order valence-electron chi connectivity index (χ3n) is 5.57. The van der Waals surface area contributed by atoms with E-state index in [0.717, 1.165) is 36.3 Å². The van der Waals surface area contributed by atoms with Crippen molar-refractivity contribution in [2.75, 3.05) is 27.2 Å². The zero-order valence-electron chi connectivity index (χ0n) is 18.4. The van der Waals surface area contributed by atoms with Crippen LogP contribution in [0.4, 0.5) is 0 Å². The van der Waals surface area contributed by atoms with Gasteiger partial charge in [-0.05, 0) is 84.6 Å². The Morgan fingerprint density at radius 3 is 2.09 bits per heavy atom. The van der Waals surface area contributed by atoms with Crippen LogP contribution in [0.2, 0.25) is 0 Å². The van der Waals surface area contributed by atoms with Crippen molar-refractivity contribution in [1.29, 1.82) is 0 Å². The van der Waals surface area contributed by atoms with Crippen molar-refractivity contribution in [2.45, 2.75) is 12.8 Å². The van der Waals surface area contributed by atoms with Gasteiger partial charge in [0.2, 0.25) is 0 Å². The molecule has 2 N–H and O–H groups in total. The fourth-order valence-electron chi connectivity index (χ4n) is 4.04. The molecule has 0 spiro atoms. The molecular weight excluding hydrogens is 421 g/mol. The lowest BCUT2D eigenvalue weighted by molar-refractivity contribution is 0.261. The van der Waals surface area contributed by atoms with Crippen molar-refractivity contribution in [3.63, 3.8) is 0 Å². The molecule has 0 heterocycles. The maximum absolute atomic E-state index is 9.14. The van der Waals surface area contributed by atoms with Gasteiger partial charge < -0.3 is 23.9 Å². The number of nitrogens with zero attached hydrogens (tertiary/aromatic N) is 1. The van der Waals surface area contributed by atoms with Gasteiger partial charge in [-0.2, -0.15) is 0 Å². The van der Waals surface area contributed by atoms with Gasteiger partial charge in [-0.25, -0.2) is 0 Å². The van der Waals surface area contributed by atoms with Crippen LogP contribution in [0.5, 0.6) is 11.5 Å². The molecule has 0 fully saturated rings. The van der Waals surface area contributed by atoms with Crippen molar-refractivity contribution in [3.05, 3.63) is 95.1 Å². The maximum Gasteiger partial charge on any atom is 0.391 e. The topological polar surface area (TPSA) is 62.2 Å². The van der Waals surface area contributed by atoms with Gasteiger partial charge in [0, 0.05) is 6.54 Å². The molecule has 0 aromatic heterocycles. The summed E-state index contributed by atoms with van der Waals surface area (Å²) < 4.78 is 10.9. The van der Waals surface area contributed by atoms with Gasteiger partial charge in [-0.15, -0.1) is 0 Å². The summed E-state index contributed by atoms with van der Waals surface area (Å²) in [7, 11) is 1.63. The van der Waals surface area contributed by atoms with Crippen LogP contribution < -0.4 is 9.26 Å². The van der Waals surface area contributed by atoms with E-state index >= 15 is 0 Å². The Labute approximate surface area is 190 Å². The van der Waals surface area contributed by atoms with Crippen molar-refractivity contribution >= 4 is 19.7 Å². The predicted octanol–water partition coefficient (Wildman–Crippen LogP) is 5.12. The smallest absolute Gasteiger partial charge is 0.391 e. The summed E-state index contributed by atoms with van der Waals surface area (Å²) >= 11 is 0. The summed E-state index contributed by atoms with van der Waals surface area (Å²) in [5.74, 6) is 1.29. The van der Waals surface area contributed by atoms with Gasteiger partial charge in [0.1, 0.15) is 18.1 Å². The Bertz CT molecular complexity index is 1080. The van der Waals surface area contributed by atoms with Crippen LogP contribution in [0.1, 0.15) is 28.7 Å². The van der Waals surface area contributed by atoms with E-state index in [0.29, 0.717) is 12.4 Å². The molecule has 0 saturated heterocycles.